The van der Waals surface area contributed by atoms with E-state index in [1.807, 2.05) is 57.3 Å². The number of nitrogens with one attached hydrogen (secondary N) is 2. The van der Waals surface area contributed by atoms with Crippen molar-refractivity contribution >= 4 is 27.4 Å². The molecule has 2 N–H and O–H groups in total. The molecule has 1 aliphatic rings. The van der Waals surface area contributed by atoms with Crippen LogP contribution in [-0.4, -0.2) is 31.0 Å². The first-order valence-electron chi connectivity index (χ1n) is 9.68. The summed E-state index contributed by atoms with van der Waals surface area (Å²) in [7, 11) is -3.54. The van der Waals surface area contributed by atoms with Crippen LogP contribution in [-0.2, 0) is 16.4 Å². The second kappa shape index (κ2) is 7.84. The number of allylic oxidation sites excluding steroid dienone is 2. The van der Waals surface area contributed by atoms with Crippen LogP contribution >= 0.6 is 11.6 Å². The number of benzene rings is 1. The Morgan fingerprint density at radius 3 is 2.43 bits per heavy atom. The fourth-order valence-corrected chi connectivity index (χ4v) is 5.39. The van der Waals surface area contributed by atoms with Gasteiger partial charge in [-0.1, -0.05) is 48.4 Å². The van der Waals surface area contributed by atoms with Crippen molar-refractivity contribution in [2.24, 2.45) is 5.41 Å². The lowest BCUT2D eigenvalue weighted by Gasteiger charge is -2.39. The summed E-state index contributed by atoms with van der Waals surface area (Å²) in [5.74, 6) is -0.158. The zero-order valence-corrected chi connectivity index (χ0v) is 19.4. The number of aryl methyl sites for hydroxylation is 2. The Kier molecular flexibility index (Phi) is 5.89. The van der Waals surface area contributed by atoms with Crippen LogP contribution < -0.4 is 4.72 Å². The van der Waals surface area contributed by atoms with E-state index in [-0.39, 0.29) is 5.78 Å². The highest BCUT2D eigenvalue weighted by atomic mass is 35.5. The predicted molar refractivity (Wildman–Crippen MR) is 121 cm³/mol. The maximum atomic E-state index is 13.7. The van der Waals surface area contributed by atoms with Gasteiger partial charge in [-0.25, -0.2) is 13.1 Å². The summed E-state index contributed by atoms with van der Waals surface area (Å²) in [5, 5.41) is 0.423. The van der Waals surface area contributed by atoms with Gasteiger partial charge < -0.3 is 4.98 Å². The van der Waals surface area contributed by atoms with Gasteiger partial charge in [-0.15, -0.1) is 0 Å². The zero-order valence-electron chi connectivity index (χ0n) is 17.8. The van der Waals surface area contributed by atoms with Crippen molar-refractivity contribution < 1.29 is 13.2 Å². The maximum Gasteiger partial charge on any atom is 0.209 e. The lowest BCUT2D eigenvalue weighted by molar-refractivity contribution is 0.101. The first-order chi connectivity index (χ1) is 13.8. The smallest absolute Gasteiger partial charge is 0.209 e. The van der Waals surface area contributed by atoms with E-state index in [0.717, 1.165) is 23.1 Å². The van der Waals surface area contributed by atoms with Crippen molar-refractivity contribution in [3.8, 4) is 0 Å². The van der Waals surface area contributed by atoms with Crippen molar-refractivity contribution in [2.45, 2.75) is 39.7 Å². The Hall–Kier alpha value is -2.15. The highest BCUT2D eigenvalue weighted by molar-refractivity contribution is 7.88. The third kappa shape index (κ3) is 4.61. The molecule has 0 saturated carbocycles. The van der Waals surface area contributed by atoms with Crippen LogP contribution in [0.15, 0.2) is 59.3 Å². The van der Waals surface area contributed by atoms with Crippen molar-refractivity contribution in [3.63, 3.8) is 0 Å². The number of carbonyl (C=O) groups excluding carboxylic acids is 1. The molecule has 30 heavy (non-hydrogen) atoms. The molecule has 3 rings (SSSR count). The van der Waals surface area contributed by atoms with Crippen LogP contribution in [0.4, 0.5) is 0 Å². The molecule has 0 radical (unpaired) electrons. The minimum absolute atomic E-state index is 0.158. The van der Waals surface area contributed by atoms with Gasteiger partial charge in [0.15, 0.2) is 5.78 Å². The molecule has 2 unspecified atom stereocenters. The summed E-state index contributed by atoms with van der Waals surface area (Å²) in [5.41, 5.74) is 2.00. The van der Waals surface area contributed by atoms with Crippen LogP contribution in [0.5, 0.6) is 0 Å². The minimum Gasteiger partial charge on any atom is -0.365 e. The van der Waals surface area contributed by atoms with Gasteiger partial charge in [-0.3, -0.25) is 4.79 Å². The van der Waals surface area contributed by atoms with Crippen molar-refractivity contribution in [2.75, 3.05) is 6.26 Å². The number of carbonyl (C=O) groups is 1. The molecular weight excluding hydrogens is 420 g/mol. The van der Waals surface area contributed by atoms with Gasteiger partial charge in [-0.05, 0) is 44.5 Å². The Morgan fingerprint density at radius 1 is 1.17 bits per heavy atom. The van der Waals surface area contributed by atoms with E-state index in [9.17, 15) is 13.2 Å². The number of aromatic nitrogens is 1. The number of ketones is 1. The summed E-state index contributed by atoms with van der Waals surface area (Å²) in [4.78, 5) is 16.9. The lowest BCUT2D eigenvalue weighted by atomic mass is 9.69. The molecule has 5 nitrogen and oxygen atoms in total. The molecule has 160 valence electrons. The largest absolute Gasteiger partial charge is 0.365 e. The molecule has 0 aliphatic heterocycles. The van der Waals surface area contributed by atoms with E-state index < -0.39 is 21.0 Å². The molecule has 2 atom stereocenters. The van der Waals surface area contributed by atoms with Gasteiger partial charge in [0.2, 0.25) is 10.0 Å². The van der Waals surface area contributed by atoms with E-state index in [4.69, 9.17) is 11.6 Å². The van der Waals surface area contributed by atoms with E-state index in [1.165, 1.54) is 0 Å². The molecule has 0 spiro atoms. The topological polar surface area (TPSA) is 79.0 Å². The Labute approximate surface area is 183 Å². The molecule has 0 fully saturated rings. The average molecular weight is 447 g/mol. The number of rotatable bonds is 6. The van der Waals surface area contributed by atoms with E-state index in [2.05, 4.69) is 9.71 Å². The second-order valence-electron chi connectivity index (χ2n) is 8.56. The third-order valence-corrected chi connectivity index (χ3v) is 6.81. The van der Waals surface area contributed by atoms with Gasteiger partial charge in [0.05, 0.1) is 11.8 Å². The third-order valence-electron chi connectivity index (χ3n) is 5.48. The number of hydrogen-bond acceptors (Lipinski definition) is 3. The van der Waals surface area contributed by atoms with E-state index in [1.54, 1.807) is 19.1 Å². The number of Topliss-reactive ketones (excluding diaryl/α,β-unsaturated/α-hetero) is 1. The molecule has 0 bridgehead atoms. The van der Waals surface area contributed by atoms with Gasteiger partial charge in [0.1, 0.15) is 0 Å². The summed E-state index contributed by atoms with van der Waals surface area (Å²) in [6, 6.07) is 9.51. The Balaban J connectivity index is 2.17. The SMILES string of the molecule is Cc1ccc(C(=O)C2=CC(C)(NS(C)(=O)=O)C=C(Cl)C2(C)Cc2ccc[nH]2)c(C)c1. The molecule has 0 saturated heterocycles. The normalized spacial score (nSPS) is 24.3. The number of H-pyrrole nitrogens is 1. The van der Waals surface area contributed by atoms with E-state index >= 15 is 0 Å². The minimum atomic E-state index is -3.54. The van der Waals surface area contributed by atoms with Crippen LogP contribution in [0.25, 0.3) is 0 Å². The van der Waals surface area contributed by atoms with Crippen LogP contribution in [0, 0.1) is 19.3 Å². The molecule has 1 aromatic carbocycles. The Bertz CT molecular complexity index is 1150. The zero-order chi connectivity index (χ0) is 22.3. The molecule has 7 heteroatoms. The number of hydrogen-bond donors (Lipinski definition) is 2. The van der Waals surface area contributed by atoms with E-state index in [0.29, 0.717) is 22.6 Å². The second-order valence-corrected chi connectivity index (χ2v) is 10.7. The highest BCUT2D eigenvalue weighted by Gasteiger charge is 2.44. The standard InChI is InChI=1S/C23H27ClN2O3S/c1-15-8-9-18(16(2)11-15)21(27)19-13-22(3,26-30(5,28)29)14-20(24)23(19,4)12-17-7-6-10-25-17/h6-11,13-14,25-26H,12H2,1-5H3. The maximum absolute atomic E-state index is 13.7. The molecular formula is C23H27ClN2O3S. The highest BCUT2D eigenvalue weighted by Crippen LogP contribution is 2.47. The van der Waals surface area contributed by atoms with Crippen molar-refractivity contribution in [1.82, 2.24) is 9.71 Å². The molecule has 1 heterocycles. The molecule has 1 aromatic heterocycles. The van der Waals surface area contributed by atoms with Crippen LogP contribution in [0.2, 0.25) is 0 Å². The first kappa shape index (κ1) is 22.5. The monoisotopic (exact) mass is 446 g/mol. The molecule has 0 amide bonds. The van der Waals surface area contributed by atoms with Gasteiger partial charge in [0.25, 0.3) is 0 Å². The average Bonchev–Trinajstić information content (AvgIpc) is 3.09. The van der Waals surface area contributed by atoms with Crippen LogP contribution in [0.1, 0.15) is 41.0 Å². The number of sulfonamides is 1. The summed E-state index contributed by atoms with van der Waals surface area (Å²) in [6.45, 7) is 7.49. The van der Waals surface area contributed by atoms with Crippen LogP contribution in [0.3, 0.4) is 0 Å². The fourth-order valence-electron chi connectivity index (χ4n) is 4.08. The molecule has 2 aromatic rings. The number of halogens is 1. The summed E-state index contributed by atoms with van der Waals surface area (Å²) < 4.78 is 26.5. The number of aromatic amines is 1. The lowest BCUT2D eigenvalue weighted by Crippen LogP contribution is -2.47. The first-order valence-corrected chi connectivity index (χ1v) is 12.0. The summed E-state index contributed by atoms with van der Waals surface area (Å²) >= 11 is 6.76. The van der Waals surface area contributed by atoms with Crippen molar-refractivity contribution in [1.29, 1.82) is 0 Å². The molecule has 1 aliphatic carbocycles. The quantitative estimate of drug-likeness (QED) is 0.644. The summed E-state index contributed by atoms with van der Waals surface area (Å²) in [6.07, 6.45) is 6.77. The fraction of sp³-hybridized carbons (Fsp3) is 0.348. The van der Waals surface area contributed by atoms with Crippen molar-refractivity contribution in [3.05, 3.63) is 81.7 Å². The Morgan fingerprint density at radius 2 is 1.87 bits per heavy atom. The van der Waals surface area contributed by atoms with Gasteiger partial charge in [-0.2, -0.15) is 0 Å². The van der Waals surface area contributed by atoms with Gasteiger partial charge >= 0.3 is 0 Å². The van der Waals surface area contributed by atoms with Gasteiger partial charge in [0, 0.05) is 39.9 Å². The predicted octanol–water partition coefficient (Wildman–Crippen LogP) is 4.43.